The summed E-state index contributed by atoms with van der Waals surface area (Å²) in [5, 5.41) is 11.0. The topological polar surface area (TPSA) is 59.0 Å². The first kappa shape index (κ1) is 11.6. The highest BCUT2D eigenvalue weighted by atomic mass is 79.9. The van der Waals surface area contributed by atoms with Crippen molar-refractivity contribution in [3.05, 3.63) is 0 Å². The molecule has 0 saturated carbocycles. The van der Waals surface area contributed by atoms with Crippen LogP contribution in [0.2, 0.25) is 0 Å². The third kappa shape index (κ3) is 4.06. The Balaban J connectivity index is 2.26. The highest BCUT2D eigenvalue weighted by molar-refractivity contribution is 9.09. The fourth-order valence-electron chi connectivity index (χ4n) is 0.889. The van der Waals surface area contributed by atoms with E-state index in [1.54, 1.807) is 5.06 Å². The van der Waals surface area contributed by atoms with Crippen molar-refractivity contribution in [2.75, 3.05) is 31.6 Å². The molecule has 2 unspecified atom stereocenters. The van der Waals surface area contributed by atoms with Gasteiger partial charge >= 0.3 is 0 Å². The predicted octanol–water partition coefficient (Wildman–Crippen LogP) is 0.438. The molecule has 0 amide bonds. The number of hydrogen-bond donors (Lipinski definition) is 1. The molecule has 0 aromatic heterocycles. The van der Waals surface area contributed by atoms with Crippen LogP contribution in [0.1, 0.15) is 0 Å². The minimum atomic E-state index is -2.39. The number of hydroxylamine groups is 2. The molecule has 0 aromatic rings. The Hall–Kier alpha value is 0.550. The van der Waals surface area contributed by atoms with Crippen molar-refractivity contribution in [2.45, 2.75) is 5.85 Å². The number of hydrogen-bond acceptors (Lipinski definition) is 5. The van der Waals surface area contributed by atoms with Crippen LogP contribution in [0.4, 0.5) is 0 Å². The Kier molecular flexibility index (Phi) is 5.47. The second-order valence-corrected chi connectivity index (χ2v) is 4.76. The number of alkyl halides is 1. The molecule has 1 heterocycles. The lowest BCUT2D eigenvalue weighted by Crippen LogP contribution is -2.35. The summed E-state index contributed by atoms with van der Waals surface area (Å²) in [5.74, 6) is -0.909. The lowest BCUT2D eigenvalue weighted by Gasteiger charge is -2.25. The van der Waals surface area contributed by atoms with Crippen molar-refractivity contribution < 1.29 is 19.0 Å². The van der Waals surface area contributed by atoms with Crippen molar-refractivity contribution in [1.82, 2.24) is 5.06 Å². The maximum absolute atomic E-state index is 11.2. The van der Waals surface area contributed by atoms with E-state index in [-0.39, 0.29) is 5.33 Å². The fraction of sp³-hybridized carbons (Fsp3) is 1.00. The Morgan fingerprint density at radius 1 is 1.62 bits per heavy atom. The molecular formula is C6H13BrNO4P. The van der Waals surface area contributed by atoms with E-state index in [1.807, 2.05) is 0 Å². The molecule has 1 rings (SSSR count). The van der Waals surface area contributed by atoms with Crippen molar-refractivity contribution in [1.29, 1.82) is 0 Å². The third-order valence-electron chi connectivity index (χ3n) is 1.61. The molecule has 1 aliphatic rings. The van der Waals surface area contributed by atoms with Gasteiger partial charge in [0.05, 0.1) is 13.2 Å². The molecule has 0 radical (unpaired) electrons. The highest BCUT2D eigenvalue weighted by Crippen LogP contribution is 2.30. The number of rotatable bonds is 4. The van der Waals surface area contributed by atoms with Crippen LogP contribution in [0, 0.1) is 0 Å². The van der Waals surface area contributed by atoms with E-state index in [0.717, 1.165) is 0 Å². The van der Waals surface area contributed by atoms with E-state index in [4.69, 9.17) is 14.5 Å². The van der Waals surface area contributed by atoms with Gasteiger partial charge < -0.3 is 9.84 Å². The summed E-state index contributed by atoms with van der Waals surface area (Å²) in [7, 11) is -2.39. The standard InChI is InChI=1S/C6H13BrNO4P/c7-5-6(9)13(10)12-8-1-3-11-4-2-8/h6,9,13H,1-5H2. The van der Waals surface area contributed by atoms with Crippen LogP contribution in [0.3, 0.4) is 0 Å². The molecule has 1 saturated heterocycles. The van der Waals surface area contributed by atoms with Crippen LogP contribution in [-0.2, 0) is 13.9 Å². The average molecular weight is 274 g/mol. The largest absolute Gasteiger partial charge is 0.382 e. The average Bonchev–Trinajstić information content (AvgIpc) is 2.18. The lowest BCUT2D eigenvalue weighted by molar-refractivity contribution is -0.115. The van der Waals surface area contributed by atoms with Crippen LogP contribution in [0.5, 0.6) is 0 Å². The van der Waals surface area contributed by atoms with E-state index >= 15 is 0 Å². The zero-order chi connectivity index (χ0) is 9.68. The van der Waals surface area contributed by atoms with Gasteiger partial charge in [-0.1, -0.05) is 15.9 Å². The summed E-state index contributed by atoms with van der Waals surface area (Å²) in [6, 6.07) is 0. The van der Waals surface area contributed by atoms with Gasteiger partial charge in [-0.2, -0.15) is 5.06 Å². The molecule has 7 heteroatoms. The minimum Gasteiger partial charge on any atom is -0.382 e. The van der Waals surface area contributed by atoms with E-state index in [0.29, 0.717) is 26.3 Å². The molecule has 78 valence electrons. The monoisotopic (exact) mass is 273 g/mol. The fourth-order valence-corrected chi connectivity index (χ4v) is 2.37. The van der Waals surface area contributed by atoms with Crippen molar-refractivity contribution >= 4 is 24.0 Å². The summed E-state index contributed by atoms with van der Waals surface area (Å²) in [4.78, 5) is 0. The Bertz CT molecular complexity index is 176. The van der Waals surface area contributed by atoms with E-state index < -0.39 is 13.9 Å². The summed E-state index contributed by atoms with van der Waals surface area (Å²) in [5.41, 5.74) is 0. The lowest BCUT2D eigenvalue weighted by atomic mass is 10.5. The van der Waals surface area contributed by atoms with E-state index in [1.165, 1.54) is 0 Å². The van der Waals surface area contributed by atoms with Gasteiger partial charge in [-0.25, -0.2) is 4.62 Å². The smallest absolute Gasteiger partial charge is 0.237 e. The number of morpholine rings is 1. The van der Waals surface area contributed by atoms with Gasteiger partial charge in [-0.15, -0.1) is 0 Å². The van der Waals surface area contributed by atoms with Gasteiger partial charge in [0.15, 0.2) is 0 Å². The van der Waals surface area contributed by atoms with Crippen LogP contribution in [-0.4, -0.2) is 47.6 Å². The molecule has 13 heavy (non-hydrogen) atoms. The first-order valence-electron chi connectivity index (χ1n) is 4.02. The van der Waals surface area contributed by atoms with Gasteiger partial charge in [0.25, 0.3) is 0 Å². The van der Waals surface area contributed by atoms with Gasteiger partial charge in [-0.3, -0.25) is 4.57 Å². The summed E-state index contributed by atoms with van der Waals surface area (Å²) >= 11 is 3.03. The summed E-state index contributed by atoms with van der Waals surface area (Å²) in [6.45, 7) is 2.37. The number of aliphatic hydroxyl groups is 1. The van der Waals surface area contributed by atoms with Gasteiger partial charge in [-0.05, 0) is 0 Å². The quantitative estimate of drug-likeness (QED) is 0.595. The number of nitrogens with zero attached hydrogens (tertiary/aromatic N) is 1. The molecule has 0 aliphatic carbocycles. The van der Waals surface area contributed by atoms with Crippen LogP contribution >= 0.6 is 24.0 Å². The first-order valence-corrected chi connectivity index (χ1v) is 6.54. The number of ether oxygens (including phenoxy) is 1. The minimum absolute atomic E-state index is 0.273. The molecule has 1 aliphatic heterocycles. The maximum atomic E-state index is 11.2. The Morgan fingerprint density at radius 3 is 2.77 bits per heavy atom. The SMILES string of the molecule is O=[PH](ON1CCOCC1)C(O)CBr. The van der Waals surface area contributed by atoms with Gasteiger partial charge in [0.2, 0.25) is 8.03 Å². The number of aliphatic hydroxyl groups excluding tert-OH is 1. The van der Waals surface area contributed by atoms with Crippen molar-refractivity contribution in [3.63, 3.8) is 0 Å². The Labute approximate surface area is 86.0 Å². The highest BCUT2D eigenvalue weighted by Gasteiger charge is 2.18. The molecule has 5 nitrogen and oxygen atoms in total. The van der Waals surface area contributed by atoms with Gasteiger partial charge in [0, 0.05) is 18.4 Å². The van der Waals surface area contributed by atoms with Crippen LogP contribution in [0.25, 0.3) is 0 Å². The van der Waals surface area contributed by atoms with Crippen molar-refractivity contribution in [3.8, 4) is 0 Å². The van der Waals surface area contributed by atoms with Gasteiger partial charge in [0.1, 0.15) is 5.85 Å². The van der Waals surface area contributed by atoms with Crippen LogP contribution < -0.4 is 0 Å². The molecule has 0 spiro atoms. The van der Waals surface area contributed by atoms with E-state index in [2.05, 4.69) is 15.9 Å². The molecule has 1 N–H and O–H groups in total. The summed E-state index contributed by atoms with van der Waals surface area (Å²) in [6.07, 6.45) is 0. The molecular weight excluding hydrogens is 261 g/mol. The first-order chi connectivity index (χ1) is 6.24. The normalized spacial score (nSPS) is 24.2. The number of halogens is 1. The molecule has 0 bridgehead atoms. The second-order valence-electron chi connectivity index (χ2n) is 2.62. The van der Waals surface area contributed by atoms with Crippen molar-refractivity contribution in [2.24, 2.45) is 0 Å². The molecule has 1 fully saturated rings. The zero-order valence-electron chi connectivity index (χ0n) is 7.11. The zero-order valence-corrected chi connectivity index (χ0v) is 9.70. The second kappa shape index (κ2) is 6.11. The molecule has 0 aromatic carbocycles. The predicted molar refractivity (Wildman–Crippen MR) is 52.3 cm³/mol. The summed E-state index contributed by atoms with van der Waals surface area (Å²) < 4.78 is 21.4. The van der Waals surface area contributed by atoms with E-state index in [9.17, 15) is 4.57 Å². The Morgan fingerprint density at radius 2 is 2.23 bits per heavy atom. The van der Waals surface area contributed by atoms with Crippen LogP contribution in [0.15, 0.2) is 0 Å². The molecule has 2 atom stereocenters. The maximum Gasteiger partial charge on any atom is 0.237 e. The third-order valence-corrected chi connectivity index (χ3v) is 4.00.